The first-order valence-electron chi connectivity index (χ1n) is 9.48. The van der Waals surface area contributed by atoms with E-state index in [1.54, 1.807) is 32.9 Å². The van der Waals surface area contributed by atoms with Crippen LogP contribution < -0.4 is 15.8 Å². The third kappa shape index (κ3) is 5.07. The number of nitrogens with zero attached hydrogens (tertiary/aromatic N) is 4. The molecule has 0 aliphatic carbocycles. The van der Waals surface area contributed by atoms with Crippen molar-refractivity contribution in [2.45, 2.75) is 33.5 Å². The first-order valence-corrected chi connectivity index (χ1v) is 9.48. The SMILES string of the molecule is Cc1ccc(N(Cc2cnc3nc(NC(=O)C(C)C)[nH]c(=O)c3n2)C(=O)C(F)(F)F)cc1. The maximum absolute atomic E-state index is 13.2. The van der Waals surface area contributed by atoms with Gasteiger partial charge < -0.3 is 0 Å². The van der Waals surface area contributed by atoms with Crippen molar-refractivity contribution >= 4 is 34.6 Å². The van der Waals surface area contributed by atoms with Gasteiger partial charge in [-0.1, -0.05) is 31.5 Å². The van der Waals surface area contributed by atoms with Crippen LogP contribution in [0.3, 0.4) is 0 Å². The number of rotatable bonds is 5. The van der Waals surface area contributed by atoms with E-state index in [1.807, 2.05) is 0 Å². The zero-order valence-electron chi connectivity index (χ0n) is 17.3. The lowest BCUT2D eigenvalue weighted by molar-refractivity contribution is -0.170. The molecule has 2 aromatic heterocycles. The van der Waals surface area contributed by atoms with E-state index in [0.717, 1.165) is 11.8 Å². The van der Waals surface area contributed by atoms with Gasteiger partial charge >= 0.3 is 12.1 Å². The summed E-state index contributed by atoms with van der Waals surface area (Å²) in [7, 11) is 0. The average molecular weight is 448 g/mol. The minimum absolute atomic E-state index is 0.0126. The Morgan fingerprint density at radius 3 is 2.41 bits per heavy atom. The summed E-state index contributed by atoms with van der Waals surface area (Å²) in [5, 5.41) is 2.43. The quantitative estimate of drug-likeness (QED) is 0.619. The predicted octanol–water partition coefficient (Wildman–Crippen LogP) is 2.71. The van der Waals surface area contributed by atoms with Crippen molar-refractivity contribution in [1.29, 1.82) is 0 Å². The molecule has 32 heavy (non-hydrogen) atoms. The molecule has 2 N–H and O–H groups in total. The van der Waals surface area contributed by atoms with E-state index in [9.17, 15) is 27.6 Å². The van der Waals surface area contributed by atoms with Gasteiger partial charge in [0.2, 0.25) is 11.9 Å². The van der Waals surface area contributed by atoms with Crippen molar-refractivity contribution in [2.75, 3.05) is 10.2 Å². The number of amides is 2. The van der Waals surface area contributed by atoms with Crippen LogP contribution in [0.15, 0.2) is 35.3 Å². The monoisotopic (exact) mass is 448 g/mol. The number of H-pyrrole nitrogens is 1. The van der Waals surface area contributed by atoms with Gasteiger partial charge in [-0.15, -0.1) is 0 Å². The molecule has 0 saturated heterocycles. The Morgan fingerprint density at radius 2 is 1.81 bits per heavy atom. The number of carbonyl (C=O) groups excluding carboxylic acids is 2. The van der Waals surface area contributed by atoms with Crippen molar-refractivity contribution in [1.82, 2.24) is 19.9 Å². The summed E-state index contributed by atoms with van der Waals surface area (Å²) in [6.45, 7) is 4.49. The summed E-state index contributed by atoms with van der Waals surface area (Å²) in [6.07, 6.45) is -3.99. The van der Waals surface area contributed by atoms with Crippen LogP contribution >= 0.6 is 0 Å². The van der Waals surface area contributed by atoms with E-state index < -0.39 is 24.2 Å². The van der Waals surface area contributed by atoms with Crippen LogP contribution in [0.1, 0.15) is 25.1 Å². The Kier molecular flexibility index (Phi) is 6.23. The second kappa shape index (κ2) is 8.73. The predicted molar refractivity (Wildman–Crippen MR) is 110 cm³/mol. The maximum atomic E-state index is 13.2. The van der Waals surface area contributed by atoms with Gasteiger partial charge in [-0.3, -0.25) is 29.6 Å². The second-order valence-corrected chi connectivity index (χ2v) is 7.32. The van der Waals surface area contributed by atoms with Crippen LogP contribution in [-0.4, -0.2) is 37.9 Å². The molecule has 3 rings (SSSR count). The molecule has 3 aromatic rings. The van der Waals surface area contributed by atoms with Crippen molar-refractivity contribution < 1.29 is 22.8 Å². The largest absolute Gasteiger partial charge is 0.471 e. The Balaban J connectivity index is 1.97. The highest BCUT2D eigenvalue weighted by Gasteiger charge is 2.43. The van der Waals surface area contributed by atoms with Gasteiger partial charge in [0.25, 0.3) is 5.56 Å². The Labute approximate surface area is 179 Å². The molecule has 2 amide bonds. The van der Waals surface area contributed by atoms with E-state index >= 15 is 0 Å². The highest BCUT2D eigenvalue weighted by Crippen LogP contribution is 2.25. The smallest absolute Gasteiger partial charge is 0.299 e. The van der Waals surface area contributed by atoms with E-state index in [1.165, 1.54) is 12.1 Å². The fourth-order valence-corrected chi connectivity index (χ4v) is 2.67. The zero-order chi connectivity index (χ0) is 23.6. The summed E-state index contributed by atoms with van der Waals surface area (Å²) < 4.78 is 39.5. The summed E-state index contributed by atoms with van der Waals surface area (Å²) >= 11 is 0. The number of aromatic amines is 1. The highest BCUT2D eigenvalue weighted by atomic mass is 19.4. The number of aryl methyl sites for hydroxylation is 1. The molecule has 12 heteroatoms. The molecule has 0 radical (unpaired) electrons. The van der Waals surface area contributed by atoms with E-state index in [0.29, 0.717) is 4.90 Å². The van der Waals surface area contributed by atoms with Gasteiger partial charge in [0, 0.05) is 11.6 Å². The molecule has 0 aliphatic rings. The van der Waals surface area contributed by atoms with Gasteiger partial charge in [-0.05, 0) is 19.1 Å². The third-order valence-electron chi connectivity index (χ3n) is 4.39. The Morgan fingerprint density at radius 1 is 1.16 bits per heavy atom. The molecule has 0 bridgehead atoms. The number of aromatic nitrogens is 4. The highest BCUT2D eigenvalue weighted by molar-refractivity contribution is 5.97. The number of fused-ring (bicyclic) bond motifs is 1. The fraction of sp³-hybridized carbons (Fsp3) is 0.300. The average Bonchev–Trinajstić information content (AvgIpc) is 2.72. The molecule has 0 spiro atoms. The van der Waals surface area contributed by atoms with Crippen LogP contribution in [0.25, 0.3) is 11.2 Å². The molecule has 0 atom stereocenters. The van der Waals surface area contributed by atoms with Gasteiger partial charge in [-0.2, -0.15) is 18.2 Å². The molecule has 168 valence electrons. The van der Waals surface area contributed by atoms with Crippen LogP contribution in [0.5, 0.6) is 0 Å². The molecule has 0 unspecified atom stereocenters. The fourth-order valence-electron chi connectivity index (χ4n) is 2.67. The number of benzene rings is 1. The summed E-state index contributed by atoms with van der Waals surface area (Å²) in [6, 6.07) is 5.90. The molecule has 9 nitrogen and oxygen atoms in total. The zero-order valence-corrected chi connectivity index (χ0v) is 17.3. The second-order valence-electron chi connectivity index (χ2n) is 7.32. The summed E-state index contributed by atoms with van der Waals surface area (Å²) in [4.78, 5) is 51.1. The first kappa shape index (κ1) is 22.8. The minimum atomic E-state index is -5.11. The molecular formula is C20H19F3N6O3. The van der Waals surface area contributed by atoms with Gasteiger partial charge in [0.05, 0.1) is 18.4 Å². The van der Waals surface area contributed by atoms with Crippen LogP contribution in [0.2, 0.25) is 0 Å². The lowest BCUT2D eigenvalue weighted by atomic mass is 10.2. The summed E-state index contributed by atoms with van der Waals surface area (Å²) in [5.41, 5.74) is -0.335. The normalized spacial score (nSPS) is 11.6. The minimum Gasteiger partial charge on any atom is -0.299 e. The van der Waals surface area contributed by atoms with E-state index in [-0.39, 0.29) is 40.3 Å². The number of nitrogens with one attached hydrogen (secondary N) is 2. The summed E-state index contributed by atoms with van der Waals surface area (Å²) in [5.74, 6) is -2.95. The standard InChI is InChI=1S/C20H19F3N6O3/c1-10(2)16(30)27-19-26-15-14(17(31)28-19)25-12(8-24-15)9-29(18(32)20(21,22)23)13-6-4-11(3)5-7-13/h4-8,10H,9H2,1-3H3,(H2,24,26,27,28,30,31). The first-order chi connectivity index (χ1) is 15.0. The van der Waals surface area contributed by atoms with E-state index in [2.05, 4.69) is 25.3 Å². The number of halogens is 3. The number of hydrogen-bond donors (Lipinski definition) is 2. The lowest BCUT2D eigenvalue weighted by Crippen LogP contribution is -2.41. The Bertz CT molecular complexity index is 1220. The van der Waals surface area contributed by atoms with Crippen molar-refractivity contribution in [3.63, 3.8) is 0 Å². The number of carbonyl (C=O) groups is 2. The van der Waals surface area contributed by atoms with Crippen molar-refractivity contribution in [2.24, 2.45) is 5.92 Å². The maximum Gasteiger partial charge on any atom is 0.471 e. The van der Waals surface area contributed by atoms with Crippen molar-refractivity contribution in [3.05, 3.63) is 52.1 Å². The molecule has 0 fully saturated rings. The van der Waals surface area contributed by atoms with Crippen molar-refractivity contribution in [3.8, 4) is 0 Å². The molecular weight excluding hydrogens is 429 g/mol. The Hall–Kier alpha value is -3.83. The van der Waals surface area contributed by atoms with Crippen LogP contribution in [-0.2, 0) is 16.1 Å². The van der Waals surface area contributed by atoms with Crippen LogP contribution in [0, 0.1) is 12.8 Å². The molecule has 0 saturated carbocycles. The number of hydrogen-bond acceptors (Lipinski definition) is 6. The number of anilines is 2. The third-order valence-corrected chi connectivity index (χ3v) is 4.39. The van der Waals surface area contributed by atoms with Gasteiger partial charge in [0.1, 0.15) is 0 Å². The van der Waals surface area contributed by atoms with Gasteiger partial charge in [0.15, 0.2) is 11.2 Å². The topological polar surface area (TPSA) is 121 Å². The molecule has 0 aliphatic heterocycles. The van der Waals surface area contributed by atoms with Crippen LogP contribution in [0.4, 0.5) is 24.8 Å². The number of alkyl halides is 3. The van der Waals surface area contributed by atoms with Gasteiger partial charge in [-0.25, -0.2) is 9.97 Å². The van der Waals surface area contributed by atoms with E-state index in [4.69, 9.17) is 0 Å². The molecule has 1 aromatic carbocycles. The molecule has 2 heterocycles. The lowest BCUT2D eigenvalue weighted by Gasteiger charge is -2.23.